The normalized spacial score (nSPS) is 12.0. The number of hydrogen-bond donors (Lipinski definition) is 1. The van der Waals surface area contributed by atoms with Gasteiger partial charge in [-0.25, -0.2) is 12.8 Å². The number of para-hydroxylation sites is 1. The van der Waals surface area contributed by atoms with E-state index in [1.807, 2.05) is 31.2 Å². The van der Waals surface area contributed by atoms with Crippen LogP contribution in [0, 0.1) is 12.7 Å². The fraction of sp³-hybridized carbons (Fsp3) is 0.259. The fourth-order valence-corrected chi connectivity index (χ4v) is 5.33. The van der Waals surface area contributed by atoms with Crippen molar-refractivity contribution in [3.8, 4) is 0 Å². The number of hydrogen-bond acceptors (Lipinski definition) is 4. The monoisotopic (exact) mass is 511 g/mol. The SMILES string of the molecule is CC[C@@H](C(=O)NC)N(Cc1ccccc1C)C(=O)CN(c1ccccc1)S(=O)(=O)c1ccc(F)cc1. The van der Waals surface area contributed by atoms with E-state index >= 15 is 0 Å². The molecule has 1 N–H and O–H groups in total. The number of amides is 2. The van der Waals surface area contributed by atoms with Crippen LogP contribution >= 0.6 is 0 Å². The molecule has 3 aromatic carbocycles. The van der Waals surface area contributed by atoms with Crippen LogP contribution < -0.4 is 9.62 Å². The molecule has 3 rings (SSSR count). The summed E-state index contributed by atoms with van der Waals surface area (Å²) in [6.07, 6.45) is 0.341. The van der Waals surface area contributed by atoms with E-state index in [4.69, 9.17) is 0 Å². The van der Waals surface area contributed by atoms with Gasteiger partial charge >= 0.3 is 0 Å². The Balaban J connectivity index is 2.04. The van der Waals surface area contributed by atoms with Crippen LogP contribution in [0.2, 0.25) is 0 Å². The standard InChI is InChI=1S/C27H30FN3O4S/c1-4-25(27(33)29-3)30(18-21-11-9-8-10-20(21)2)26(32)19-31(23-12-6-5-7-13-23)36(34,35)24-16-14-22(28)15-17-24/h5-17,25H,4,18-19H2,1-3H3,(H,29,33)/t25-/m0/s1. The molecular weight excluding hydrogens is 481 g/mol. The second-order valence-corrected chi connectivity index (χ2v) is 10.1. The van der Waals surface area contributed by atoms with Gasteiger partial charge in [-0.1, -0.05) is 49.4 Å². The largest absolute Gasteiger partial charge is 0.357 e. The molecule has 0 aliphatic rings. The molecule has 0 saturated carbocycles. The molecule has 1 atom stereocenters. The molecule has 190 valence electrons. The molecule has 0 aliphatic heterocycles. The number of carbonyl (C=O) groups is 2. The third-order valence-electron chi connectivity index (χ3n) is 5.96. The Hall–Kier alpha value is -3.72. The van der Waals surface area contributed by atoms with Gasteiger partial charge in [0.1, 0.15) is 18.4 Å². The topological polar surface area (TPSA) is 86.8 Å². The Morgan fingerprint density at radius 2 is 1.56 bits per heavy atom. The lowest BCUT2D eigenvalue weighted by molar-refractivity contribution is -0.140. The van der Waals surface area contributed by atoms with Crippen LogP contribution in [0.25, 0.3) is 0 Å². The van der Waals surface area contributed by atoms with Gasteiger partial charge in [0.2, 0.25) is 11.8 Å². The lowest BCUT2D eigenvalue weighted by atomic mass is 10.1. The molecule has 0 radical (unpaired) electrons. The summed E-state index contributed by atoms with van der Waals surface area (Å²) in [5.74, 6) is -1.45. The molecule has 36 heavy (non-hydrogen) atoms. The van der Waals surface area contributed by atoms with E-state index in [1.54, 1.807) is 37.3 Å². The van der Waals surface area contributed by atoms with Crippen LogP contribution in [0.3, 0.4) is 0 Å². The van der Waals surface area contributed by atoms with Crippen molar-refractivity contribution in [2.75, 3.05) is 17.9 Å². The minimum absolute atomic E-state index is 0.136. The van der Waals surface area contributed by atoms with Crippen molar-refractivity contribution in [2.45, 2.75) is 37.8 Å². The Morgan fingerprint density at radius 3 is 2.14 bits per heavy atom. The smallest absolute Gasteiger partial charge is 0.264 e. The van der Waals surface area contributed by atoms with Gasteiger partial charge in [0.05, 0.1) is 10.6 Å². The third-order valence-corrected chi connectivity index (χ3v) is 7.75. The lowest BCUT2D eigenvalue weighted by Gasteiger charge is -2.33. The van der Waals surface area contributed by atoms with Crippen molar-refractivity contribution in [2.24, 2.45) is 0 Å². The number of aryl methyl sites for hydroxylation is 1. The molecular formula is C27H30FN3O4S. The summed E-state index contributed by atoms with van der Waals surface area (Å²) in [4.78, 5) is 27.7. The van der Waals surface area contributed by atoms with Crippen molar-refractivity contribution >= 4 is 27.5 Å². The maximum atomic E-state index is 13.8. The van der Waals surface area contributed by atoms with Crippen LogP contribution in [-0.2, 0) is 26.2 Å². The number of nitrogens with one attached hydrogen (secondary N) is 1. The van der Waals surface area contributed by atoms with Crippen LogP contribution in [-0.4, -0.2) is 44.8 Å². The molecule has 0 heterocycles. The first-order chi connectivity index (χ1) is 17.2. The summed E-state index contributed by atoms with van der Waals surface area (Å²) in [5, 5.41) is 2.60. The molecule has 9 heteroatoms. The highest BCUT2D eigenvalue weighted by Crippen LogP contribution is 2.25. The minimum Gasteiger partial charge on any atom is -0.357 e. The van der Waals surface area contributed by atoms with E-state index in [0.29, 0.717) is 6.42 Å². The van der Waals surface area contributed by atoms with Gasteiger partial charge in [-0.2, -0.15) is 0 Å². The van der Waals surface area contributed by atoms with E-state index in [2.05, 4.69) is 5.32 Å². The van der Waals surface area contributed by atoms with Gasteiger partial charge in [-0.05, 0) is 60.9 Å². The molecule has 0 unspecified atom stereocenters. The number of benzene rings is 3. The summed E-state index contributed by atoms with van der Waals surface area (Å²) in [7, 11) is -2.72. The Bertz CT molecular complexity index is 1300. The van der Waals surface area contributed by atoms with Gasteiger partial charge < -0.3 is 10.2 Å². The van der Waals surface area contributed by atoms with E-state index in [1.165, 1.54) is 11.9 Å². The minimum atomic E-state index is -4.22. The third kappa shape index (κ3) is 6.09. The summed E-state index contributed by atoms with van der Waals surface area (Å²) in [5.41, 5.74) is 2.07. The highest BCUT2D eigenvalue weighted by Gasteiger charge is 2.33. The molecule has 2 amide bonds. The summed E-state index contributed by atoms with van der Waals surface area (Å²) < 4.78 is 41.7. The van der Waals surface area contributed by atoms with Gasteiger partial charge in [0, 0.05) is 13.6 Å². The molecule has 0 bridgehead atoms. The Kier molecular flexibility index (Phi) is 8.82. The van der Waals surface area contributed by atoms with Crippen LogP contribution in [0.4, 0.5) is 10.1 Å². The predicted octanol–water partition coefficient (Wildman–Crippen LogP) is 3.88. The van der Waals surface area contributed by atoms with Crippen molar-refractivity contribution < 1.29 is 22.4 Å². The van der Waals surface area contributed by atoms with Crippen molar-refractivity contribution in [1.82, 2.24) is 10.2 Å². The van der Waals surface area contributed by atoms with Crippen LogP contribution in [0.5, 0.6) is 0 Å². The molecule has 7 nitrogen and oxygen atoms in total. The molecule has 0 aromatic heterocycles. The Labute approximate surface area is 211 Å². The zero-order valence-corrected chi connectivity index (χ0v) is 21.3. The fourth-order valence-electron chi connectivity index (χ4n) is 3.91. The second kappa shape index (κ2) is 11.8. The van der Waals surface area contributed by atoms with E-state index in [-0.39, 0.29) is 23.0 Å². The van der Waals surface area contributed by atoms with Crippen molar-refractivity contribution in [3.63, 3.8) is 0 Å². The van der Waals surface area contributed by atoms with E-state index in [0.717, 1.165) is 39.7 Å². The molecule has 0 aliphatic carbocycles. The maximum Gasteiger partial charge on any atom is 0.264 e. The summed E-state index contributed by atoms with van der Waals surface area (Å²) in [6.45, 7) is 3.30. The lowest BCUT2D eigenvalue weighted by Crippen LogP contribution is -2.51. The highest BCUT2D eigenvalue weighted by molar-refractivity contribution is 7.92. The van der Waals surface area contributed by atoms with Crippen molar-refractivity contribution in [1.29, 1.82) is 0 Å². The molecule has 3 aromatic rings. The van der Waals surface area contributed by atoms with Gasteiger partial charge in [-0.3, -0.25) is 13.9 Å². The first-order valence-electron chi connectivity index (χ1n) is 11.6. The second-order valence-electron chi connectivity index (χ2n) is 8.29. The zero-order chi connectivity index (χ0) is 26.3. The number of halogens is 1. The van der Waals surface area contributed by atoms with Gasteiger partial charge in [0.25, 0.3) is 10.0 Å². The first kappa shape index (κ1) is 26.9. The predicted molar refractivity (Wildman–Crippen MR) is 137 cm³/mol. The average Bonchev–Trinajstić information content (AvgIpc) is 2.88. The van der Waals surface area contributed by atoms with E-state index < -0.39 is 34.3 Å². The zero-order valence-electron chi connectivity index (χ0n) is 20.5. The number of rotatable bonds is 10. The maximum absolute atomic E-state index is 13.8. The molecule has 0 fully saturated rings. The summed E-state index contributed by atoms with van der Waals surface area (Å²) in [6, 6.07) is 19.4. The molecule has 0 spiro atoms. The number of likely N-dealkylation sites (N-methyl/N-ethyl adjacent to an activating group) is 1. The van der Waals surface area contributed by atoms with Crippen LogP contribution in [0.1, 0.15) is 24.5 Å². The summed E-state index contributed by atoms with van der Waals surface area (Å²) >= 11 is 0. The quantitative estimate of drug-likeness (QED) is 0.448. The molecule has 0 saturated heterocycles. The van der Waals surface area contributed by atoms with Gasteiger partial charge in [0.15, 0.2) is 0 Å². The van der Waals surface area contributed by atoms with Crippen LogP contribution in [0.15, 0.2) is 83.8 Å². The number of anilines is 1. The number of nitrogens with zero attached hydrogens (tertiary/aromatic N) is 2. The Morgan fingerprint density at radius 1 is 0.944 bits per heavy atom. The number of carbonyl (C=O) groups excluding carboxylic acids is 2. The van der Waals surface area contributed by atoms with Gasteiger partial charge in [-0.15, -0.1) is 0 Å². The first-order valence-corrected chi connectivity index (χ1v) is 13.0. The van der Waals surface area contributed by atoms with E-state index in [9.17, 15) is 22.4 Å². The van der Waals surface area contributed by atoms with Crippen molar-refractivity contribution in [3.05, 3.63) is 95.8 Å². The number of sulfonamides is 1. The highest BCUT2D eigenvalue weighted by atomic mass is 32.2. The average molecular weight is 512 g/mol.